The highest BCUT2D eigenvalue weighted by Gasteiger charge is 2.29. The first-order valence-electron chi connectivity index (χ1n) is 8.32. The number of piperidine rings is 1. The molecule has 0 radical (unpaired) electrons. The van der Waals surface area contributed by atoms with Crippen LogP contribution in [0.1, 0.15) is 57.8 Å². The number of fused-ring (bicyclic) bond motifs is 1. The minimum atomic E-state index is -0.157. The summed E-state index contributed by atoms with van der Waals surface area (Å²) in [6, 6.07) is 0.654. The Hall–Kier alpha value is -1.53. The summed E-state index contributed by atoms with van der Waals surface area (Å²) < 4.78 is 0. The molecule has 23 heavy (non-hydrogen) atoms. The van der Waals surface area contributed by atoms with Crippen molar-refractivity contribution in [1.29, 1.82) is 0 Å². The van der Waals surface area contributed by atoms with Gasteiger partial charge in [-0.3, -0.25) is 9.59 Å². The number of thiazole rings is 1. The van der Waals surface area contributed by atoms with Gasteiger partial charge in [0.15, 0.2) is 5.78 Å². The lowest BCUT2D eigenvalue weighted by Gasteiger charge is -2.33. The maximum absolute atomic E-state index is 12.4. The summed E-state index contributed by atoms with van der Waals surface area (Å²) in [7, 11) is 0. The van der Waals surface area contributed by atoms with Crippen molar-refractivity contribution in [2.75, 3.05) is 19.6 Å². The summed E-state index contributed by atoms with van der Waals surface area (Å²) in [5.74, 6) is -0.271. The number of aryl methyl sites for hydroxylation is 1. The van der Waals surface area contributed by atoms with E-state index in [0.717, 1.165) is 18.0 Å². The first kappa shape index (κ1) is 16.3. The minimum Gasteiger partial charge on any atom is -0.382 e. The van der Waals surface area contributed by atoms with E-state index >= 15 is 0 Å². The van der Waals surface area contributed by atoms with E-state index in [0.29, 0.717) is 28.9 Å². The van der Waals surface area contributed by atoms with E-state index in [4.69, 9.17) is 0 Å². The molecule has 0 saturated carbocycles. The van der Waals surface area contributed by atoms with Crippen LogP contribution in [0.2, 0.25) is 0 Å². The van der Waals surface area contributed by atoms with Crippen molar-refractivity contribution in [3.05, 3.63) is 27.4 Å². The van der Waals surface area contributed by atoms with Crippen molar-refractivity contribution in [2.45, 2.75) is 45.6 Å². The average molecular weight is 333 g/mol. The van der Waals surface area contributed by atoms with Crippen molar-refractivity contribution in [3.8, 4) is 0 Å². The van der Waals surface area contributed by atoms with Crippen LogP contribution in [0.15, 0.2) is 11.8 Å². The van der Waals surface area contributed by atoms with Gasteiger partial charge in [0.1, 0.15) is 10.6 Å². The Morgan fingerprint density at radius 3 is 3.00 bits per heavy atom. The van der Waals surface area contributed by atoms with Crippen LogP contribution in [-0.4, -0.2) is 47.1 Å². The number of ketones is 2. The number of likely N-dealkylation sites (tertiary alicyclic amines) is 1. The van der Waals surface area contributed by atoms with Gasteiger partial charge >= 0.3 is 0 Å². The molecule has 1 N–H and O–H groups in total. The van der Waals surface area contributed by atoms with Crippen molar-refractivity contribution < 1.29 is 9.59 Å². The van der Waals surface area contributed by atoms with E-state index < -0.39 is 0 Å². The molecule has 1 aliphatic carbocycles. The number of nitrogens with one attached hydrogen (secondary N) is 1. The number of aromatic nitrogens is 1. The van der Waals surface area contributed by atoms with Crippen LogP contribution in [-0.2, 0) is 0 Å². The Balaban J connectivity index is 1.52. The number of hydrogen-bond acceptors (Lipinski definition) is 6. The molecule has 2 heterocycles. The number of Topliss-reactive ketones (excluding diaryl/α,β-unsaturated/α-hetero) is 1. The maximum Gasteiger partial charge on any atom is 0.228 e. The third-order valence-electron chi connectivity index (χ3n) is 4.57. The Bertz CT molecular complexity index is 650. The number of rotatable bonds is 5. The number of allylic oxidation sites excluding steroid dienone is 2. The number of hydrogen-bond donors (Lipinski definition) is 1. The lowest BCUT2D eigenvalue weighted by Crippen LogP contribution is -2.39. The first-order valence-corrected chi connectivity index (χ1v) is 9.14. The predicted molar refractivity (Wildman–Crippen MR) is 91.1 cm³/mol. The maximum atomic E-state index is 12.4. The molecular formula is C17H23N3O2S. The van der Waals surface area contributed by atoms with Gasteiger partial charge < -0.3 is 10.2 Å². The molecular weight excluding hydrogens is 310 g/mol. The van der Waals surface area contributed by atoms with Crippen LogP contribution in [0.4, 0.5) is 0 Å². The predicted octanol–water partition coefficient (Wildman–Crippen LogP) is 2.57. The molecule has 0 aromatic carbocycles. The molecule has 0 bridgehead atoms. The fraction of sp³-hybridized carbons (Fsp3) is 0.588. The normalized spacial score (nSPS) is 22.0. The van der Waals surface area contributed by atoms with Crippen molar-refractivity contribution >= 4 is 22.9 Å². The van der Waals surface area contributed by atoms with E-state index in [2.05, 4.69) is 22.1 Å². The van der Waals surface area contributed by atoms with Gasteiger partial charge in [-0.2, -0.15) is 0 Å². The summed E-state index contributed by atoms with van der Waals surface area (Å²) in [6.45, 7) is 7.00. The molecule has 0 spiro atoms. The molecule has 1 unspecified atom stereocenters. The zero-order chi connectivity index (χ0) is 16.4. The molecule has 1 aliphatic heterocycles. The van der Waals surface area contributed by atoms with Crippen molar-refractivity contribution in [1.82, 2.24) is 15.2 Å². The lowest BCUT2D eigenvalue weighted by molar-refractivity contribution is 0.0977. The number of nitrogens with zero attached hydrogens (tertiary/aromatic N) is 2. The highest BCUT2D eigenvalue weighted by atomic mass is 32.1. The molecule has 1 aromatic heterocycles. The Morgan fingerprint density at radius 1 is 1.39 bits per heavy atom. The lowest BCUT2D eigenvalue weighted by atomic mass is 10.0. The van der Waals surface area contributed by atoms with Crippen LogP contribution >= 0.6 is 11.3 Å². The third kappa shape index (κ3) is 3.53. The van der Waals surface area contributed by atoms with E-state index in [1.807, 2.05) is 6.92 Å². The Morgan fingerprint density at radius 2 is 2.22 bits per heavy atom. The number of carbonyl (C=O) groups excluding carboxylic acids is 2. The standard InChI is InChI=1S/C17H23N3O2S/c1-11-6-3-4-8-20(11)9-5-7-18-13-10-14(21)17-15(16(13)22)19-12(2)23-17/h10-11,18H,3-9H2,1-2H3. The fourth-order valence-corrected chi connectivity index (χ4v) is 4.09. The zero-order valence-corrected chi connectivity index (χ0v) is 14.5. The van der Waals surface area contributed by atoms with Gasteiger partial charge in [-0.1, -0.05) is 6.42 Å². The molecule has 1 atom stereocenters. The van der Waals surface area contributed by atoms with Gasteiger partial charge in [-0.05, 0) is 39.7 Å². The quantitative estimate of drug-likeness (QED) is 0.839. The second-order valence-electron chi connectivity index (χ2n) is 6.32. The van der Waals surface area contributed by atoms with Gasteiger partial charge in [-0.15, -0.1) is 11.3 Å². The van der Waals surface area contributed by atoms with Gasteiger partial charge in [-0.25, -0.2) is 4.98 Å². The Kier molecular flexibility index (Phi) is 4.92. The SMILES string of the molecule is Cc1nc2c(s1)C(=O)C=C(NCCCN1CCCCC1C)C2=O. The average Bonchev–Trinajstić information content (AvgIpc) is 2.93. The van der Waals surface area contributed by atoms with E-state index in [-0.39, 0.29) is 11.6 Å². The molecule has 0 amide bonds. The molecule has 1 aromatic rings. The molecule has 124 valence electrons. The van der Waals surface area contributed by atoms with Gasteiger partial charge in [0.05, 0.1) is 10.7 Å². The molecule has 1 fully saturated rings. The van der Waals surface area contributed by atoms with Crippen LogP contribution in [0.3, 0.4) is 0 Å². The van der Waals surface area contributed by atoms with Gasteiger partial charge in [0.2, 0.25) is 5.78 Å². The zero-order valence-electron chi connectivity index (χ0n) is 13.7. The van der Waals surface area contributed by atoms with Crippen LogP contribution < -0.4 is 5.32 Å². The summed E-state index contributed by atoms with van der Waals surface area (Å²) in [5, 5.41) is 3.89. The third-order valence-corrected chi connectivity index (χ3v) is 5.56. The summed E-state index contributed by atoms with van der Waals surface area (Å²) in [5.41, 5.74) is 0.701. The Labute approximate surface area is 140 Å². The highest BCUT2D eigenvalue weighted by Crippen LogP contribution is 2.25. The monoisotopic (exact) mass is 333 g/mol. The highest BCUT2D eigenvalue weighted by molar-refractivity contribution is 7.14. The van der Waals surface area contributed by atoms with Gasteiger partial charge in [0, 0.05) is 25.2 Å². The van der Waals surface area contributed by atoms with E-state index in [1.54, 1.807) is 0 Å². The van der Waals surface area contributed by atoms with Crippen LogP contribution in [0.25, 0.3) is 0 Å². The van der Waals surface area contributed by atoms with Crippen LogP contribution in [0.5, 0.6) is 0 Å². The summed E-state index contributed by atoms with van der Waals surface area (Å²) >= 11 is 1.29. The fourth-order valence-electron chi connectivity index (χ4n) is 3.26. The molecule has 1 saturated heterocycles. The molecule has 5 nitrogen and oxygen atoms in total. The largest absolute Gasteiger partial charge is 0.382 e. The molecule has 6 heteroatoms. The molecule has 2 aliphatic rings. The topological polar surface area (TPSA) is 62.3 Å². The number of carbonyl (C=O) groups is 2. The van der Waals surface area contributed by atoms with E-state index in [9.17, 15) is 9.59 Å². The van der Waals surface area contributed by atoms with E-state index in [1.165, 1.54) is 43.2 Å². The van der Waals surface area contributed by atoms with Crippen LogP contribution in [0, 0.1) is 6.92 Å². The minimum absolute atomic E-state index is 0.114. The molecule has 3 rings (SSSR count). The van der Waals surface area contributed by atoms with Gasteiger partial charge in [0.25, 0.3) is 0 Å². The summed E-state index contributed by atoms with van der Waals surface area (Å²) in [6.07, 6.45) is 6.27. The van der Waals surface area contributed by atoms with Crippen molar-refractivity contribution in [3.63, 3.8) is 0 Å². The first-order chi connectivity index (χ1) is 11.1. The second kappa shape index (κ2) is 6.93. The summed E-state index contributed by atoms with van der Waals surface area (Å²) in [4.78, 5) is 31.6. The second-order valence-corrected chi connectivity index (χ2v) is 7.53. The van der Waals surface area contributed by atoms with Crippen molar-refractivity contribution in [2.24, 2.45) is 0 Å². The smallest absolute Gasteiger partial charge is 0.228 e.